The fourth-order valence-electron chi connectivity index (χ4n) is 4.31. The maximum atomic E-state index is 15.4. The summed E-state index contributed by atoms with van der Waals surface area (Å²) in [5.41, 5.74) is 0. The predicted molar refractivity (Wildman–Crippen MR) is 150 cm³/mol. The molecular weight excluding hydrogens is 549 g/mol. The molecule has 6 nitrogen and oxygen atoms in total. The zero-order valence-corrected chi connectivity index (χ0v) is 24.0. The summed E-state index contributed by atoms with van der Waals surface area (Å²) in [5.74, 6) is -3.73. The minimum absolute atomic E-state index is 0.266. The molecule has 0 saturated heterocycles. The average molecular weight is 581 g/mol. The SMILES string of the molecule is CC(C)(C)[Si](OCC(OC(=S)Oc1ccccc1)C(F)(F)CP(=O)(O)O)(c1ccccc1)c1ccccc1. The molecule has 0 heterocycles. The van der Waals surface area contributed by atoms with Crippen molar-refractivity contribution in [3.05, 3.63) is 91.0 Å². The molecule has 1 atom stereocenters. The van der Waals surface area contributed by atoms with Crippen LogP contribution in [0, 0.1) is 0 Å². The summed E-state index contributed by atoms with van der Waals surface area (Å²) < 4.78 is 59.6. The van der Waals surface area contributed by atoms with Crippen LogP contribution in [0.5, 0.6) is 5.75 Å². The molecule has 38 heavy (non-hydrogen) atoms. The van der Waals surface area contributed by atoms with Crippen LogP contribution < -0.4 is 15.1 Å². The van der Waals surface area contributed by atoms with Gasteiger partial charge in [0.05, 0.1) is 6.61 Å². The molecular formula is C27H31F2O6PSSi. The maximum absolute atomic E-state index is 15.4. The molecule has 0 fully saturated rings. The molecule has 204 valence electrons. The predicted octanol–water partition coefficient (Wildman–Crippen LogP) is 5.13. The summed E-state index contributed by atoms with van der Waals surface area (Å²) in [6.45, 7) is 5.24. The topological polar surface area (TPSA) is 85.2 Å². The van der Waals surface area contributed by atoms with Crippen LogP contribution in [-0.2, 0) is 13.7 Å². The second-order valence-electron chi connectivity index (χ2n) is 9.83. The molecule has 11 heteroatoms. The van der Waals surface area contributed by atoms with Gasteiger partial charge >= 0.3 is 12.8 Å². The lowest BCUT2D eigenvalue weighted by Gasteiger charge is -2.44. The third-order valence-corrected chi connectivity index (χ3v) is 12.0. The minimum atomic E-state index is -5.12. The number of hydrogen-bond donors (Lipinski definition) is 2. The number of thiocarbonyl (C=S) groups is 1. The van der Waals surface area contributed by atoms with Gasteiger partial charge in [0.25, 0.3) is 14.2 Å². The van der Waals surface area contributed by atoms with Crippen molar-refractivity contribution in [1.29, 1.82) is 0 Å². The molecule has 0 spiro atoms. The number of benzene rings is 3. The second kappa shape index (κ2) is 12.2. The monoisotopic (exact) mass is 580 g/mol. The Morgan fingerprint density at radius 1 is 0.895 bits per heavy atom. The highest BCUT2D eigenvalue weighted by Gasteiger charge is 2.53. The zero-order valence-electron chi connectivity index (χ0n) is 21.3. The first-order valence-electron chi connectivity index (χ1n) is 11.9. The van der Waals surface area contributed by atoms with Crippen LogP contribution in [0.15, 0.2) is 91.0 Å². The largest absolute Gasteiger partial charge is 0.444 e. The number of rotatable bonds is 10. The van der Waals surface area contributed by atoms with Gasteiger partial charge in [-0.2, -0.15) is 0 Å². The normalized spacial score (nSPS) is 13.6. The summed E-state index contributed by atoms with van der Waals surface area (Å²) in [5, 5.41) is 0.551. The maximum Gasteiger partial charge on any atom is 0.358 e. The lowest BCUT2D eigenvalue weighted by atomic mass is 10.2. The van der Waals surface area contributed by atoms with Gasteiger partial charge in [0.2, 0.25) is 0 Å². The number of alkyl halides is 2. The Kier molecular flexibility index (Phi) is 9.62. The Morgan fingerprint density at radius 2 is 1.34 bits per heavy atom. The Labute approximate surface area is 227 Å². The van der Waals surface area contributed by atoms with Crippen LogP contribution in [0.25, 0.3) is 0 Å². The molecule has 3 aromatic carbocycles. The molecule has 0 aromatic heterocycles. The van der Waals surface area contributed by atoms with Crippen LogP contribution in [0.2, 0.25) is 5.04 Å². The Balaban J connectivity index is 2.02. The van der Waals surface area contributed by atoms with Crippen LogP contribution in [-0.4, -0.2) is 48.1 Å². The molecule has 0 aliphatic heterocycles. The first-order valence-corrected chi connectivity index (χ1v) is 16.0. The van der Waals surface area contributed by atoms with E-state index >= 15 is 8.78 Å². The Morgan fingerprint density at radius 3 is 1.76 bits per heavy atom. The van der Waals surface area contributed by atoms with E-state index in [-0.39, 0.29) is 5.75 Å². The van der Waals surface area contributed by atoms with Crippen LogP contribution >= 0.6 is 19.8 Å². The summed E-state index contributed by atoms with van der Waals surface area (Å²) in [6.07, 6.45) is -3.86. The van der Waals surface area contributed by atoms with Gasteiger partial charge in [0, 0.05) is 12.2 Å². The van der Waals surface area contributed by atoms with Gasteiger partial charge in [0.15, 0.2) is 6.10 Å². The molecule has 0 amide bonds. The average Bonchev–Trinajstić information content (AvgIpc) is 2.83. The third kappa shape index (κ3) is 7.56. The standard InChI is InChI=1S/C27H31F2O6PSSi/c1-26(2,3)38(22-15-9-5-10-16-22,23-17-11-6-12-18-23)33-19-24(27(28,29)20-36(30,31)32)35-25(37)34-21-13-7-4-8-14-21/h4-18,24H,19-20H2,1-3H3,(H2,30,31,32). The minimum Gasteiger partial charge on any atom is -0.444 e. The molecule has 2 N–H and O–H groups in total. The summed E-state index contributed by atoms with van der Waals surface area (Å²) in [7, 11) is -8.39. The molecule has 1 unspecified atom stereocenters. The van der Waals surface area contributed by atoms with Crippen molar-refractivity contribution in [3.8, 4) is 5.75 Å². The van der Waals surface area contributed by atoms with E-state index in [1.807, 2.05) is 81.4 Å². The highest BCUT2D eigenvalue weighted by Crippen LogP contribution is 2.43. The van der Waals surface area contributed by atoms with Gasteiger partial charge < -0.3 is 23.7 Å². The third-order valence-electron chi connectivity index (χ3n) is 5.94. The van der Waals surface area contributed by atoms with E-state index in [0.717, 1.165) is 10.4 Å². The fraction of sp³-hybridized carbons (Fsp3) is 0.296. The molecule has 3 rings (SSSR count). The summed E-state index contributed by atoms with van der Waals surface area (Å²) in [6, 6.07) is 27.0. The van der Waals surface area contributed by atoms with Gasteiger partial charge in [-0.15, -0.1) is 0 Å². The highest BCUT2D eigenvalue weighted by atomic mass is 32.1. The Hall–Kier alpha value is -2.46. The van der Waals surface area contributed by atoms with Crippen LogP contribution in [0.4, 0.5) is 8.78 Å². The van der Waals surface area contributed by atoms with Gasteiger partial charge in [-0.25, -0.2) is 8.78 Å². The van der Waals surface area contributed by atoms with Crippen molar-refractivity contribution >= 4 is 43.7 Å². The molecule has 0 bridgehead atoms. The first kappa shape index (κ1) is 30.1. The van der Waals surface area contributed by atoms with Gasteiger partial charge in [-0.05, 0) is 27.5 Å². The van der Waals surface area contributed by atoms with E-state index < -0.39 is 51.0 Å². The summed E-state index contributed by atoms with van der Waals surface area (Å²) in [4.78, 5) is 18.7. The fourth-order valence-corrected chi connectivity index (χ4v) is 9.83. The molecule has 0 saturated carbocycles. The van der Waals surface area contributed by atoms with Gasteiger partial charge in [0.1, 0.15) is 11.9 Å². The van der Waals surface area contributed by atoms with Gasteiger partial charge in [-0.1, -0.05) is 99.6 Å². The van der Waals surface area contributed by atoms with E-state index in [0.29, 0.717) is 0 Å². The lowest BCUT2D eigenvalue weighted by molar-refractivity contribution is -0.105. The van der Waals surface area contributed by atoms with Crippen molar-refractivity contribution in [2.75, 3.05) is 12.8 Å². The number of ether oxygens (including phenoxy) is 2. The Bertz CT molecular complexity index is 1200. The van der Waals surface area contributed by atoms with E-state index in [4.69, 9.17) is 26.1 Å². The highest BCUT2D eigenvalue weighted by molar-refractivity contribution is 7.79. The molecule has 3 aromatic rings. The van der Waals surface area contributed by atoms with E-state index in [1.165, 1.54) is 0 Å². The lowest BCUT2D eigenvalue weighted by Crippen LogP contribution is -2.67. The van der Waals surface area contributed by atoms with E-state index in [1.54, 1.807) is 30.3 Å². The number of para-hydroxylation sites is 1. The summed E-state index contributed by atoms with van der Waals surface area (Å²) >= 11 is 5.07. The first-order chi connectivity index (χ1) is 17.7. The van der Waals surface area contributed by atoms with Crippen LogP contribution in [0.3, 0.4) is 0 Å². The zero-order chi connectivity index (χ0) is 28.0. The van der Waals surface area contributed by atoms with Crippen molar-refractivity contribution in [2.45, 2.75) is 37.8 Å². The number of hydrogen-bond acceptors (Lipinski definition) is 5. The van der Waals surface area contributed by atoms with E-state index in [2.05, 4.69) is 0 Å². The molecule has 0 aliphatic rings. The second-order valence-corrected chi connectivity index (χ2v) is 16.1. The van der Waals surface area contributed by atoms with E-state index in [9.17, 15) is 14.4 Å². The smallest absolute Gasteiger partial charge is 0.358 e. The quantitative estimate of drug-likeness (QED) is 0.196. The van der Waals surface area contributed by atoms with Crippen molar-refractivity contribution in [3.63, 3.8) is 0 Å². The van der Waals surface area contributed by atoms with Crippen molar-refractivity contribution in [1.82, 2.24) is 0 Å². The van der Waals surface area contributed by atoms with Crippen LogP contribution in [0.1, 0.15) is 20.8 Å². The van der Waals surface area contributed by atoms with Crippen molar-refractivity contribution < 1.29 is 37.0 Å². The van der Waals surface area contributed by atoms with Gasteiger partial charge in [-0.3, -0.25) is 4.57 Å². The molecule has 0 aliphatic carbocycles. The van der Waals surface area contributed by atoms with Crippen molar-refractivity contribution in [2.24, 2.45) is 0 Å². The number of halogens is 2. The molecule has 0 radical (unpaired) electrons.